The normalized spacial score (nSPS) is 11.8. The zero-order valence-electron chi connectivity index (χ0n) is 23.0. The molecule has 0 saturated heterocycles. The monoisotopic (exact) mass is 568 g/mol. The summed E-state index contributed by atoms with van der Waals surface area (Å²) in [7, 11) is -1.56. The molecule has 212 valence electrons. The average molecular weight is 569 g/mol. The van der Waals surface area contributed by atoms with Crippen LogP contribution in [0, 0.1) is 24.0 Å². The highest BCUT2D eigenvalue weighted by atomic mass is 32.2. The Bertz CT molecular complexity index is 1510. The average Bonchev–Trinajstić information content (AvgIpc) is 2.94. The number of nitrogens with zero attached hydrogens (tertiary/aromatic N) is 3. The minimum absolute atomic E-state index is 0.0621. The van der Waals surface area contributed by atoms with E-state index in [0.29, 0.717) is 11.3 Å². The second-order valence-corrected chi connectivity index (χ2v) is 11.0. The minimum atomic E-state index is -4.47. The standard InChI is InChI=1S/C28H32N4O7S/c1-19-8-6-7-9-22(19)17-30(21(3)28(34)29-4)27(33)18-31(23-11-13-24(39-5)14-12-23)40(37,38)25-15-10-20(2)26(16-25)32(35)36/h6-16,21H,17-18H2,1-5H3,(H,29,34). The SMILES string of the molecule is CNC(=O)C(C)N(Cc1ccccc1C)C(=O)CN(c1ccc(OC)cc1)S(=O)(=O)c1ccc(C)c([N+](=O)[O-])c1. The van der Waals surface area contributed by atoms with Crippen LogP contribution < -0.4 is 14.4 Å². The van der Waals surface area contributed by atoms with E-state index >= 15 is 0 Å². The maximum atomic E-state index is 13.9. The number of benzene rings is 3. The van der Waals surface area contributed by atoms with Gasteiger partial charge in [0.1, 0.15) is 18.3 Å². The van der Waals surface area contributed by atoms with Gasteiger partial charge in [0.2, 0.25) is 11.8 Å². The zero-order valence-corrected chi connectivity index (χ0v) is 23.8. The quantitative estimate of drug-likeness (QED) is 0.276. The Morgan fingerprint density at radius 3 is 2.25 bits per heavy atom. The van der Waals surface area contributed by atoms with Gasteiger partial charge in [-0.3, -0.25) is 24.0 Å². The number of carbonyl (C=O) groups excluding carboxylic acids is 2. The molecule has 12 heteroatoms. The first kappa shape index (κ1) is 30.1. The second kappa shape index (κ2) is 12.6. The van der Waals surface area contributed by atoms with Crippen LogP contribution >= 0.6 is 0 Å². The van der Waals surface area contributed by atoms with Gasteiger partial charge < -0.3 is 15.0 Å². The van der Waals surface area contributed by atoms with Crippen molar-refractivity contribution >= 4 is 33.2 Å². The summed E-state index contributed by atoms with van der Waals surface area (Å²) in [4.78, 5) is 38.3. The van der Waals surface area contributed by atoms with E-state index in [1.165, 1.54) is 62.4 Å². The molecular formula is C28H32N4O7S. The van der Waals surface area contributed by atoms with Gasteiger partial charge >= 0.3 is 0 Å². The predicted octanol–water partition coefficient (Wildman–Crippen LogP) is 3.58. The molecule has 2 amide bonds. The molecule has 3 aromatic carbocycles. The maximum Gasteiger partial charge on any atom is 0.273 e. The summed E-state index contributed by atoms with van der Waals surface area (Å²) in [6, 6.07) is 16.1. The fourth-order valence-electron chi connectivity index (χ4n) is 4.11. The Morgan fingerprint density at radius 2 is 1.68 bits per heavy atom. The molecule has 3 aromatic rings. The first-order valence-electron chi connectivity index (χ1n) is 12.4. The van der Waals surface area contributed by atoms with E-state index in [2.05, 4.69) is 5.32 Å². The van der Waals surface area contributed by atoms with E-state index in [1.54, 1.807) is 6.92 Å². The van der Waals surface area contributed by atoms with Crippen LogP contribution in [0.1, 0.15) is 23.6 Å². The molecule has 40 heavy (non-hydrogen) atoms. The number of nitro benzene ring substituents is 1. The Hall–Kier alpha value is -4.45. The van der Waals surface area contributed by atoms with Crippen LogP contribution in [0.2, 0.25) is 0 Å². The van der Waals surface area contributed by atoms with E-state index in [0.717, 1.165) is 21.5 Å². The van der Waals surface area contributed by atoms with Crippen molar-refractivity contribution in [3.05, 3.63) is 93.5 Å². The molecule has 0 spiro atoms. The number of methoxy groups -OCH3 is 1. The lowest BCUT2D eigenvalue weighted by atomic mass is 10.1. The molecule has 0 radical (unpaired) electrons. The smallest absolute Gasteiger partial charge is 0.273 e. The third-order valence-corrected chi connectivity index (χ3v) is 8.39. The Labute approximate surface area is 233 Å². The Kier molecular flexibility index (Phi) is 9.48. The van der Waals surface area contributed by atoms with Crippen LogP contribution in [-0.2, 0) is 26.2 Å². The van der Waals surface area contributed by atoms with Gasteiger partial charge in [-0.25, -0.2) is 8.42 Å². The second-order valence-electron chi connectivity index (χ2n) is 9.15. The third-order valence-electron chi connectivity index (χ3n) is 6.62. The number of hydrogen-bond acceptors (Lipinski definition) is 7. The number of rotatable bonds is 11. The number of ether oxygens (including phenoxy) is 1. The number of amides is 2. The van der Waals surface area contributed by atoms with Gasteiger partial charge in [0.25, 0.3) is 15.7 Å². The van der Waals surface area contributed by atoms with Crippen molar-refractivity contribution in [3.63, 3.8) is 0 Å². The van der Waals surface area contributed by atoms with E-state index in [4.69, 9.17) is 4.74 Å². The minimum Gasteiger partial charge on any atom is -0.497 e. The van der Waals surface area contributed by atoms with Crippen molar-refractivity contribution < 1.29 is 27.7 Å². The Morgan fingerprint density at radius 1 is 1.02 bits per heavy atom. The molecule has 0 aliphatic rings. The summed E-state index contributed by atoms with van der Waals surface area (Å²) < 4.78 is 33.9. The lowest BCUT2D eigenvalue weighted by Crippen LogP contribution is -2.50. The lowest BCUT2D eigenvalue weighted by Gasteiger charge is -2.32. The van der Waals surface area contributed by atoms with Crippen molar-refractivity contribution in [2.45, 2.75) is 38.3 Å². The van der Waals surface area contributed by atoms with Gasteiger partial charge in [-0.15, -0.1) is 0 Å². The van der Waals surface area contributed by atoms with Gasteiger partial charge in [-0.1, -0.05) is 30.3 Å². The molecule has 3 rings (SSSR count). The van der Waals surface area contributed by atoms with Gasteiger partial charge in [0.05, 0.1) is 22.6 Å². The first-order valence-corrected chi connectivity index (χ1v) is 13.8. The summed E-state index contributed by atoms with van der Waals surface area (Å²) in [6.45, 7) is 4.34. The summed E-state index contributed by atoms with van der Waals surface area (Å²) >= 11 is 0. The van der Waals surface area contributed by atoms with Crippen LogP contribution in [0.5, 0.6) is 5.75 Å². The molecule has 0 aliphatic heterocycles. The molecule has 11 nitrogen and oxygen atoms in total. The van der Waals surface area contributed by atoms with E-state index in [9.17, 15) is 28.1 Å². The van der Waals surface area contributed by atoms with E-state index in [-0.39, 0.29) is 22.8 Å². The summed E-state index contributed by atoms with van der Waals surface area (Å²) in [5.74, 6) is -0.594. The molecule has 0 saturated carbocycles. The first-order chi connectivity index (χ1) is 18.9. The van der Waals surface area contributed by atoms with E-state index in [1.807, 2.05) is 31.2 Å². The van der Waals surface area contributed by atoms with Crippen LogP contribution in [-0.4, -0.2) is 56.8 Å². The molecule has 0 heterocycles. The summed E-state index contributed by atoms with van der Waals surface area (Å²) in [6.07, 6.45) is 0. The number of anilines is 1. The highest BCUT2D eigenvalue weighted by molar-refractivity contribution is 7.92. The van der Waals surface area contributed by atoms with Crippen LogP contribution in [0.15, 0.2) is 71.6 Å². The topological polar surface area (TPSA) is 139 Å². The molecule has 0 aromatic heterocycles. The van der Waals surface area contributed by atoms with Crippen molar-refractivity contribution in [1.29, 1.82) is 0 Å². The molecule has 0 fully saturated rings. The van der Waals surface area contributed by atoms with Gasteiger partial charge in [0, 0.05) is 25.2 Å². The summed E-state index contributed by atoms with van der Waals surface area (Å²) in [5, 5.41) is 14.1. The number of nitro groups is 1. The molecule has 0 bridgehead atoms. The number of likely N-dealkylation sites (N-methyl/N-ethyl adjacent to an activating group) is 1. The highest BCUT2D eigenvalue weighted by Gasteiger charge is 2.33. The van der Waals surface area contributed by atoms with Crippen molar-refractivity contribution in [1.82, 2.24) is 10.2 Å². The summed E-state index contributed by atoms with van der Waals surface area (Å²) in [5.41, 5.74) is 1.76. The maximum absolute atomic E-state index is 13.9. The largest absolute Gasteiger partial charge is 0.497 e. The molecule has 0 aliphatic carbocycles. The molecule has 1 atom stereocenters. The van der Waals surface area contributed by atoms with Crippen molar-refractivity contribution in [2.75, 3.05) is 25.0 Å². The zero-order chi connectivity index (χ0) is 29.6. The fourth-order valence-corrected chi connectivity index (χ4v) is 5.55. The highest BCUT2D eigenvalue weighted by Crippen LogP contribution is 2.29. The van der Waals surface area contributed by atoms with Gasteiger partial charge in [0.15, 0.2) is 0 Å². The van der Waals surface area contributed by atoms with Crippen molar-refractivity contribution in [2.24, 2.45) is 0 Å². The number of sulfonamides is 1. The molecular weight excluding hydrogens is 536 g/mol. The predicted molar refractivity (Wildman–Crippen MR) is 151 cm³/mol. The van der Waals surface area contributed by atoms with Crippen molar-refractivity contribution in [3.8, 4) is 5.75 Å². The van der Waals surface area contributed by atoms with Gasteiger partial charge in [-0.05, 0) is 62.2 Å². The number of aryl methyl sites for hydroxylation is 2. The van der Waals surface area contributed by atoms with Crippen LogP contribution in [0.4, 0.5) is 11.4 Å². The lowest BCUT2D eigenvalue weighted by molar-refractivity contribution is -0.385. The fraction of sp³-hybridized carbons (Fsp3) is 0.286. The van der Waals surface area contributed by atoms with Gasteiger partial charge in [-0.2, -0.15) is 0 Å². The van der Waals surface area contributed by atoms with Crippen LogP contribution in [0.25, 0.3) is 0 Å². The third kappa shape index (κ3) is 6.57. The number of hydrogen-bond donors (Lipinski definition) is 1. The molecule has 1 N–H and O–H groups in total. The number of carbonyl (C=O) groups is 2. The Balaban J connectivity index is 2.10. The molecule has 1 unspecified atom stereocenters. The number of nitrogens with one attached hydrogen (secondary N) is 1. The van der Waals surface area contributed by atoms with Crippen LogP contribution in [0.3, 0.4) is 0 Å². The van der Waals surface area contributed by atoms with E-state index < -0.39 is 39.3 Å².